The molecule has 10 heteroatoms. The summed E-state index contributed by atoms with van der Waals surface area (Å²) in [6.45, 7) is 5.22. The zero-order chi connectivity index (χ0) is 24.5. The molecule has 1 fully saturated rings. The van der Waals surface area contributed by atoms with E-state index in [1.54, 1.807) is 30.6 Å². The number of aromatic nitrogens is 3. The molecule has 1 aromatic carbocycles. The van der Waals surface area contributed by atoms with Gasteiger partial charge in [0.15, 0.2) is 0 Å². The lowest BCUT2D eigenvalue weighted by molar-refractivity contribution is -0.0498. The summed E-state index contributed by atoms with van der Waals surface area (Å²) in [5.41, 5.74) is 2.17. The van der Waals surface area contributed by atoms with Crippen LogP contribution in [0.1, 0.15) is 20.8 Å². The molecule has 1 aliphatic heterocycles. The van der Waals surface area contributed by atoms with Crippen molar-refractivity contribution in [1.82, 2.24) is 15.0 Å². The Bertz CT molecular complexity index is 1050. The minimum Gasteiger partial charge on any atom is -0.480 e. The van der Waals surface area contributed by atoms with Gasteiger partial charge in [0.25, 0.3) is 0 Å². The third-order valence-electron chi connectivity index (χ3n) is 4.89. The smallest absolute Gasteiger partial charge is 0.387 e. The van der Waals surface area contributed by atoms with Crippen LogP contribution in [-0.2, 0) is 4.74 Å². The first-order valence-corrected chi connectivity index (χ1v) is 11.1. The topological polar surface area (TPSA) is 81.6 Å². The number of benzene rings is 1. The number of hydrogen-bond acceptors (Lipinski definition) is 8. The lowest BCUT2D eigenvalue weighted by Gasteiger charge is -2.31. The molecule has 4 rings (SSSR count). The number of nitrogens with one attached hydrogen (secondary N) is 1. The number of alkyl halides is 2. The fourth-order valence-corrected chi connectivity index (χ4v) is 3.40. The third-order valence-corrected chi connectivity index (χ3v) is 4.89. The van der Waals surface area contributed by atoms with E-state index >= 15 is 0 Å². The monoisotopic (exact) mass is 473 g/mol. The van der Waals surface area contributed by atoms with Crippen LogP contribution in [0.3, 0.4) is 0 Å². The van der Waals surface area contributed by atoms with Gasteiger partial charge >= 0.3 is 6.61 Å². The van der Waals surface area contributed by atoms with Crippen molar-refractivity contribution < 1.29 is 23.0 Å². The van der Waals surface area contributed by atoms with E-state index in [2.05, 4.69) is 29.9 Å². The molecule has 1 saturated heterocycles. The Labute approximate surface area is 197 Å². The Morgan fingerprint density at radius 1 is 1.12 bits per heavy atom. The van der Waals surface area contributed by atoms with Gasteiger partial charge in [0, 0.05) is 31.0 Å². The molecular formula is C24H29F2N5O3. The molecule has 1 N–H and O–H groups in total. The SMILES string of the molecule is CC.COc1ncc(-c2ccc(OC(F)F)cc2)cc1Nc1ccnc(N2CCOC(C)C2)n1. The molecule has 3 aromatic rings. The van der Waals surface area contributed by atoms with Gasteiger partial charge < -0.3 is 24.4 Å². The van der Waals surface area contributed by atoms with E-state index in [9.17, 15) is 8.78 Å². The highest BCUT2D eigenvalue weighted by atomic mass is 19.3. The Morgan fingerprint density at radius 3 is 2.56 bits per heavy atom. The number of anilines is 3. The first-order valence-electron chi connectivity index (χ1n) is 11.1. The predicted molar refractivity (Wildman–Crippen MR) is 127 cm³/mol. The van der Waals surface area contributed by atoms with Gasteiger partial charge in [-0.1, -0.05) is 26.0 Å². The van der Waals surface area contributed by atoms with E-state index in [-0.39, 0.29) is 11.9 Å². The number of rotatable bonds is 7. The second-order valence-electron chi connectivity index (χ2n) is 7.18. The van der Waals surface area contributed by atoms with Crippen LogP contribution in [0.25, 0.3) is 11.1 Å². The van der Waals surface area contributed by atoms with E-state index in [1.807, 2.05) is 26.8 Å². The van der Waals surface area contributed by atoms with Crippen LogP contribution in [0.4, 0.5) is 26.2 Å². The van der Waals surface area contributed by atoms with Gasteiger partial charge in [-0.25, -0.2) is 9.97 Å². The van der Waals surface area contributed by atoms with Crippen LogP contribution in [0.5, 0.6) is 11.6 Å². The molecule has 8 nitrogen and oxygen atoms in total. The van der Waals surface area contributed by atoms with Crippen LogP contribution < -0.4 is 19.7 Å². The zero-order valence-electron chi connectivity index (χ0n) is 19.7. The first kappa shape index (κ1) is 25.1. The van der Waals surface area contributed by atoms with E-state index in [0.29, 0.717) is 29.9 Å². The highest BCUT2D eigenvalue weighted by Gasteiger charge is 2.19. The van der Waals surface area contributed by atoms with E-state index < -0.39 is 6.61 Å². The van der Waals surface area contributed by atoms with Crippen molar-refractivity contribution in [3.8, 4) is 22.8 Å². The van der Waals surface area contributed by atoms with Gasteiger partial charge in [0.1, 0.15) is 17.3 Å². The summed E-state index contributed by atoms with van der Waals surface area (Å²) in [4.78, 5) is 15.4. The van der Waals surface area contributed by atoms with E-state index in [0.717, 1.165) is 24.2 Å². The Kier molecular flexibility index (Phi) is 8.92. The minimum atomic E-state index is -2.86. The highest BCUT2D eigenvalue weighted by molar-refractivity contribution is 5.72. The number of methoxy groups -OCH3 is 1. The van der Waals surface area contributed by atoms with Gasteiger partial charge in [0.05, 0.1) is 19.8 Å². The lowest BCUT2D eigenvalue weighted by Crippen LogP contribution is -2.42. The molecule has 1 unspecified atom stereocenters. The fourth-order valence-electron chi connectivity index (χ4n) is 3.40. The van der Waals surface area contributed by atoms with Gasteiger partial charge in [0.2, 0.25) is 11.8 Å². The number of hydrogen-bond donors (Lipinski definition) is 1. The van der Waals surface area contributed by atoms with Crippen LogP contribution in [0.2, 0.25) is 0 Å². The lowest BCUT2D eigenvalue weighted by atomic mass is 10.1. The van der Waals surface area contributed by atoms with Crippen molar-refractivity contribution >= 4 is 17.5 Å². The van der Waals surface area contributed by atoms with E-state index in [4.69, 9.17) is 9.47 Å². The van der Waals surface area contributed by atoms with Gasteiger partial charge in [-0.15, -0.1) is 0 Å². The number of ether oxygens (including phenoxy) is 3. The molecule has 0 saturated carbocycles. The Morgan fingerprint density at radius 2 is 1.88 bits per heavy atom. The largest absolute Gasteiger partial charge is 0.480 e. The summed E-state index contributed by atoms with van der Waals surface area (Å²) in [6, 6.07) is 9.96. The molecule has 1 aliphatic rings. The van der Waals surface area contributed by atoms with Crippen molar-refractivity contribution in [2.45, 2.75) is 33.5 Å². The normalized spacial score (nSPS) is 15.4. The number of halogens is 2. The van der Waals surface area contributed by atoms with Crippen LogP contribution >= 0.6 is 0 Å². The summed E-state index contributed by atoms with van der Waals surface area (Å²) in [6.07, 6.45) is 3.45. The summed E-state index contributed by atoms with van der Waals surface area (Å²) in [5, 5.41) is 3.24. The summed E-state index contributed by atoms with van der Waals surface area (Å²) < 4.78 is 40.1. The number of nitrogens with zero attached hydrogens (tertiary/aromatic N) is 4. The molecular weight excluding hydrogens is 444 g/mol. The number of morpholine rings is 1. The molecule has 182 valence electrons. The summed E-state index contributed by atoms with van der Waals surface area (Å²) in [5.74, 6) is 1.69. The molecule has 0 aliphatic carbocycles. The maximum absolute atomic E-state index is 12.4. The molecule has 3 heterocycles. The zero-order valence-corrected chi connectivity index (χ0v) is 19.7. The quantitative estimate of drug-likeness (QED) is 0.505. The Balaban J connectivity index is 0.00000158. The van der Waals surface area contributed by atoms with Gasteiger partial charge in [-0.05, 0) is 36.8 Å². The molecule has 1 atom stereocenters. The van der Waals surface area contributed by atoms with Crippen LogP contribution in [0.15, 0.2) is 48.8 Å². The maximum Gasteiger partial charge on any atom is 0.387 e. The third kappa shape index (κ3) is 6.50. The van der Waals surface area contributed by atoms with Gasteiger partial charge in [-0.3, -0.25) is 0 Å². The molecule has 2 aromatic heterocycles. The predicted octanol–water partition coefficient (Wildman–Crippen LogP) is 5.14. The number of pyridine rings is 1. The molecule has 0 amide bonds. The average molecular weight is 474 g/mol. The molecule has 0 radical (unpaired) electrons. The standard InChI is InChI=1S/C22H23F2N5O3.C2H6/c1-14-13-29(9-10-31-14)22-25-8-7-19(28-22)27-18-11-16(12-26-20(18)30-2)15-3-5-17(6-4-15)32-21(23)24;1-2/h3-8,11-12,14,21H,9-10,13H2,1-2H3,(H,25,27,28);1-2H3. The van der Waals surface area contributed by atoms with Gasteiger partial charge in [-0.2, -0.15) is 13.8 Å². The van der Waals surface area contributed by atoms with Crippen LogP contribution in [0, 0.1) is 0 Å². The van der Waals surface area contributed by atoms with Crippen molar-refractivity contribution in [3.05, 3.63) is 48.8 Å². The van der Waals surface area contributed by atoms with E-state index in [1.165, 1.54) is 19.2 Å². The highest BCUT2D eigenvalue weighted by Crippen LogP contribution is 2.31. The van der Waals surface area contributed by atoms with Crippen LogP contribution in [-0.4, -0.2) is 54.5 Å². The van der Waals surface area contributed by atoms with Crippen molar-refractivity contribution in [2.75, 3.05) is 37.0 Å². The van der Waals surface area contributed by atoms with Crippen molar-refractivity contribution in [2.24, 2.45) is 0 Å². The molecule has 0 spiro atoms. The summed E-state index contributed by atoms with van der Waals surface area (Å²) in [7, 11) is 1.53. The Hall–Kier alpha value is -3.53. The fraction of sp³-hybridized carbons (Fsp3) is 0.375. The summed E-state index contributed by atoms with van der Waals surface area (Å²) >= 11 is 0. The average Bonchev–Trinajstić information content (AvgIpc) is 2.85. The molecule has 34 heavy (non-hydrogen) atoms. The first-order chi connectivity index (χ1) is 16.5. The second kappa shape index (κ2) is 12.1. The minimum absolute atomic E-state index is 0.0921. The molecule has 0 bridgehead atoms. The maximum atomic E-state index is 12.4. The van der Waals surface area contributed by atoms with Crippen molar-refractivity contribution in [3.63, 3.8) is 0 Å². The van der Waals surface area contributed by atoms with Crippen molar-refractivity contribution in [1.29, 1.82) is 0 Å². The second-order valence-corrected chi connectivity index (χ2v) is 7.18.